The molecule has 3 rings (SSSR count). The minimum Gasteiger partial charge on any atom is -0.369 e. The molecule has 1 aliphatic rings. The van der Waals surface area contributed by atoms with Gasteiger partial charge in [-0.15, -0.1) is 12.4 Å². The first-order chi connectivity index (χ1) is 10.6. The zero-order valence-electron chi connectivity index (χ0n) is 12.9. The molecule has 0 amide bonds. The van der Waals surface area contributed by atoms with Crippen LogP contribution in [0.4, 0.5) is 0 Å². The number of hydrogen-bond donors (Lipinski definition) is 3. The van der Waals surface area contributed by atoms with Gasteiger partial charge in [0.1, 0.15) is 0 Å². The summed E-state index contributed by atoms with van der Waals surface area (Å²) in [5.74, 6) is -0.187. The molecule has 118 valence electrons. The van der Waals surface area contributed by atoms with E-state index in [0.29, 0.717) is 0 Å². The van der Waals surface area contributed by atoms with E-state index in [9.17, 15) is 0 Å². The highest BCUT2D eigenvalue weighted by Crippen LogP contribution is 2.34. The van der Waals surface area contributed by atoms with Crippen molar-refractivity contribution in [2.24, 2.45) is 10.8 Å². The second-order valence-electron chi connectivity index (χ2n) is 5.25. The van der Waals surface area contributed by atoms with Crippen LogP contribution in [0.25, 0.3) is 5.57 Å². The Balaban J connectivity index is 0.00000192. The van der Waals surface area contributed by atoms with E-state index >= 15 is 0 Å². The largest absolute Gasteiger partial charge is 0.369 e. The molecule has 0 saturated heterocycles. The lowest BCUT2D eigenvalue weighted by Crippen LogP contribution is -2.26. The van der Waals surface area contributed by atoms with Crippen molar-refractivity contribution < 1.29 is 0 Å². The zero-order chi connectivity index (χ0) is 15.7. The number of hydrazone groups is 1. The summed E-state index contributed by atoms with van der Waals surface area (Å²) >= 11 is 0. The number of allylic oxidation sites excluding steroid dienone is 1. The number of benzene rings is 1. The van der Waals surface area contributed by atoms with Gasteiger partial charge in [-0.3, -0.25) is 10.4 Å². The second kappa shape index (κ2) is 6.62. The first kappa shape index (κ1) is 16.7. The molecule has 1 aromatic heterocycles. The summed E-state index contributed by atoms with van der Waals surface area (Å²) in [6.45, 7) is 4.10. The maximum atomic E-state index is 7.27. The van der Waals surface area contributed by atoms with Crippen molar-refractivity contribution in [2.45, 2.75) is 13.8 Å². The fourth-order valence-electron chi connectivity index (χ4n) is 2.65. The fourth-order valence-corrected chi connectivity index (χ4v) is 2.65. The average Bonchev–Trinajstić information content (AvgIpc) is 2.86. The maximum Gasteiger partial charge on any atom is 0.206 e. The van der Waals surface area contributed by atoms with Crippen LogP contribution in [0.5, 0.6) is 0 Å². The number of aryl methyl sites for hydroxylation is 2. The van der Waals surface area contributed by atoms with Crippen molar-refractivity contribution in [2.75, 3.05) is 0 Å². The first-order valence-electron chi connectivity index (χ1n) is 6.99. The summed E-state index contributed by atoms with van der Waals surface area (Å²) in [6.07, 6.45) is 3.80. The van der Waals surface area contributed by atoms with Gasteiger partial charge >= 0.3 is 0 Å². The van der Waals surface area contributed by atoms with Crippen LogP contribution in [0.15, 0.2) is 47.7 Å². The van der Waals surface area contributed by atoms with Crippen molar-refractivity contribution in [3.63, 3.8) is 0 Å². The van der Waals surface area contributed by atoms with Crippen molar-refractivity contribution in [1.82, 2.24) is 10.4 Å². The number of pyridine rings is 1. The molecule has 5 nitrogen and oxygen atoms in total. The van der Waals surface area contributed by atoms with Gasteiger partial charge in [-0.2, -0.15) is 5.10 Å². The molecule has 0 spiro atoms. The fraction of sp³-hybridized carbons (Fsp3) is 0.118. The van der Waals surface area contributed by atoms with Crippen LogP contribution in [-0.2, 0) is 0 Å². The smallest absolute Gasteiger partial charge is 0.206 e. The van der Waals surface area contributed by atoms with E-state index in [1.165, 1.54) is 5.56 Å². The molecule has 23 heavy (non-hydrogen) atoms. The van der Waals surface area contributed by atoms with Crippen LogP contribution in [-0.4, -0.2) is 16.7 Å². The SMILES string of the molecule is Cc1ccccc1C1=CC(=NNC(=N)N)c2c(C)ccnc21.Cl. The minimum absolute atomic E-state index is 0. The zero-order valence-corrected chi connectivity index (χ0v) is 13.7. The third-order valence-electron chi connectivity index (χ3n) is 3.68. The average molecular weight is 328 g/mol. The highest BCUT2D eigenvalue weighted by molar-refractivity contribution is 6.21. The molecule has 2 aromatic rings. The van der Waals surface area contributed by atoms with Gasteiger partial charge in [0.15, 0.2) is 0 Å². The lowest BCUT2D eigenvalue weighted by molar-refractivity contribution is 0.995. The van der Waals surface area contributed by atoms with Gasteiger partial charge in [0, 0.05) is 17.3 Å². The van der Waals surface area contributed by atoms with Crippen molar-refractivity contribution in [3.8, 4) is 0 Å². The second-order valence-corrected chi connectivity index (χ2v) is 5.25. The topological polar surface area (TPSA) is 87.2 Å². The molecule has 6 heteroatoms. The van der Waals surface area contributed by atoms with E-state index < -0.39 is 0 Å². The molecule has 0 fully saturated rings. The summed E-state index contributed by atoms with van der Waals surface area (Å²) in [7, 11) is 0. The van der Waals surface area contributed by atoms with E-state index in [1.54, 1.807) is 0 Å². The quantitative estimate of drug-likeness (QED) is 0.450. The summed E-state index contributed by atoms with van der Waals surface area (Å²) in [6, 6.07) is 10.1. The van der Waals surface area contributed by atoms with E-state index in [0.717, 1.165) is 33.7 Å². The Morgan fingerprint density at radius 1 is 1.17 bits per heavy atom. The molecular weight excluding hydrogens is 310 g/mol. The number of aromatic nitrogens is 1. The maximum absolute atomic E-state index is 7.27. The van der Waals surface area contributed by atoms with Crippen LogP contribution in [0.2, 0.25) is 0 Å². The van der Waals surface area contributed by atoms with Crippen LogP contribution in [0.3, 0.4) is 0 Å². The van der Waals surface area contributed by atoms with Crippen LogP contribution >= 0.6 is 12.4 Å². The third-order valence-corrected chi connectivity index (χ3v) is 3.68. The monoisotopic (exact) mass is 327 g/mol. The van der Waals surface area contributed by atoms with E-state index in [4.69, 9.17) is 11.1 Å². The Morgan fingerprint density at radius 3 is 2.61 bits per heavy atom. The van der Waals surface area contributed by atoms with Gasteiger partial charge in [0.05, 0.1) is 11.4 Å². The normalized spacial score (nSPS) is 14.0. The molecule has 0 unspecified atom stereocenters. The van der Waals surface area contributed by atoms with E-state index in [1.807, 2.05) is 37.4 Å². The van der Waals surface area contributed by atoms with Crippen molar-refractivity contribution >= 4 is 29.7 Å². The van der Waals surface area contributed by atoms with Gasteiger partial charge < -0.3 is 5.73 Å². The number of nitrogens with one attached hydrogen (secondary N) is 2. The molecular formula is C17H18ClN5. The summed E-state index contributed by atoms with van der Waals surface area (Å²) in [5, 5.41) is 11.5. The number of nitrogens with two attached hydrogens (primary N) is 1. The molecule has 0 bridgehead atoms. The third kappa shape index (κ3) is 3.10. The number of nitrogens with zero attached hydrogens (tertiary/aromatic N) is 2. The first-order valence-corrected chi connectivity index (χ1v) is 6.99. The molecule has 4 N–H and O–H groups in total. The molecule has 1 heterocycles. The molecule has 0 atom stereocenters. The predicted octanol–water partition coefficient (Wildman–Crippen LogP) is 2.75. The molecule has 0 radical (unpaired) electrons. The number of fused-ring (bicyclic) bond motifs is 1. The minimum atomic E-state index is -0.187. The van der Waals surface area contributed by atoms with Crippen LogP contribution in [0.1, 0.15) is 27.9 Å². The van der Waals surface area contributed by atoms with Crippen LogP contribution < -0.4 is 11.2 Å². The van der Waals surface area contributed by atoms with E-state index in [2.05, 4.69) is 34.6 Å². The molecule has 0 saturated carbocycles. The predicted molar refractivity (Wildman–Crippen MR) is 96.1 cm³/mol. The number of hydrogen-bond acceptors (Lipinski definition) is 3. The van der Waals surface area contributed by atoms with Crippen molar-refractivity contribution in [1.29, 1.82) is 5.41 Å². The van der Waals surface area contributed by atoms with Crippen LogP contribution in [0, 0.1) is 19.3 Å². The number of halogens is 1. The Hall–Kier alpha value is -2.66. The lowest BCUT2D eigenvalue weighted by Gasteiger charge is -2.09. The van der Waals surface area contributed by atoms with Gasteiger partial charge in [-0.1, -0.05) is 24.3 Å². The number of rotatable bonds is 2. The summed E-state index contributed by atoms with van der Waals surface area (Å²) in [5.41, 5.74) is 14.9. The van der Waals surface area contributed by atoms with Gasteiger partial charge in [-0.25, -0.2) is 5.43 Å². The Labute approximate surface area is 141 Å². The molecule has 1 aromatic carbocycles. The highest BCUT2D eigenvalue weighted by atomic mass is 35.5. The van der Waals surface area contributed by atoms with E-state index in [-0.39, 0.29) is 18.4 Å². The lowest BCUT2D eigenvalue weighted by atomic mass is 9.98. The van der Waals surface area contributed by atoms with Gasteiger partial charge in [0.2, 0.25) is 5.96 Å². The summed E-state index contributed by atoms with van der Waals surface area (Å²) in [4.78, 5) is 4.53. The Bertz CT molecular complexity index is 823. The Morgan fingerprint density at radius 2 is 1.91 bits per heavy atom. The van der Waals surface area contributed by atoms with Gasteiger partial charge in [0.25, 0.3) is 0 Å². The molecule has 0 aliphatic heterocycles. The van der Waals surface area contributed by atoms with Crippen molar-refractivity contribution in [3.05, 3.63) is 70.6 Å². The highest BCUT2D eigenvalue weighted by Gasteiger charge is 2.24. The van der Waals surface area contributed by atoms with Gasteiger partial charge in [-0.05, 0) is 42.7 Å². The standard InChI is InChI=1S/C17H17N5.ClH/c1-10-5-3-4-6-12(10)13-9-14(21-22-17(18)19)15-11(2)7-8-20-16(13)15;/h3-9H,1-2H3,(H4,18,19,22);1H. The molecule has 1 aliphatic carbocycles. The Kier molecular flexibility index (Phi) is 4.81. The number of guanidine groups is 1. The summed E-state index contributed by atoms with van der Waals surface area (Å²) < 4.78 is 0.